The maximum absolute atomic E-state index is 12.2. The van der Waals surface area contributed by atoms with Gasteiger partial charge in [-0.05, 0) is 38.8 Å². The van der Waals surface area contributed by atoms with E-state index in [9.17, 15) is 19.7 Å². The SMILES string of the molecule is C/C=C/CC(NC(=O)c1cc([N+](=O)[O-])c(C)cc1C)C(=O)O. The molecule has 1 aromatic rings. The van der Waals surface area contributed by atoms with Crippen molar-refractivity contribution in [2.45, 2.75) is 33.2 Å². The van der Waals surface area contributed by atoms with E-state index >= 15 is 0 Å². The van der Waals surface area contributed by atoms with Crippen molar-refractivity contribution in [3.8, 4) is 0 Å². The van der Waals surface area contributed by atoms with E-state index in [1.54, 1.807) is 32.9 Å². The third-order valence-electron chi connectivity index (χ3n) is 3.20. The number of nitrogens with zero attached hydrogens (tertiary/aromatic N) is 1. The van der Waals surface area contributed by atoms with Crippen LogP contribution >= 0.6 is 0 Å². The van der Waals surface area contributed by atoms with E-state index in [-0.39, 0.29) is 17.7 Å². The number of carboxylic acid groups (broad SMARTS) is 1. The minimum atomic E-state index is -1.16. The quantitative estimate of drug-likeness (QED) is 0.476. The molecule has 0 aromatic heterocycles. The number of allylic oxidation sites excluding steroid dienone is 1. The van der Waals surface area contributed by atoms with E-state index in [2.05, 4.69) is 5.32 Å². The van der Waals surface area contributed by atoms with Gasteiger partial charge in [-0.2, -0.15) is 0 Å². The molecule has 0 aliphatic heterocycles. The molecule has 2 N–H and O–H groups in total. The molecule has 1 amide bonds. The second-order valence-corrected chi connectivity index (χ2v) is 4.88. The van der Waals surface area contributed by atoms with Crippen LogP contribution in [0.2, 0.25) is 0 Å². The Bertz CT molecular complexity index is 637. The maximum Gasteiger partial charge on any atom is 0.326 e. The van der Waals surface area contributed by atoms with Crippen molar-refractivity contribution in [2.75, 3.05) is 0 Å². The monoisotopic (exact) mass is 306 g/mol. The second kappa shape index (κ2) is 7.35. The molecular formula is C15H18N2O5. The molecule has 0 bridgehead atoms. The first-order chi connectivity index (χ1) is 10.3. The summed E-state index contributed by atoms with van der Waals surface area (Å²) in [5.74, 6) is -1.80. The fraction of sp³-hybridized carbons (Fsp3) is 0.333. The zero-order chi connectivity index (χ0) is 16.9. The summed E-state index contributed by atoms with van der Waals surface area (Å²) in [5, 5.41) is 22.4. The lowest BCUT2D eigenvalue weighted by Crippen LogP contribution is -2.40. The third kappa shape index (κ3) is 4.15. The summed E-state index contributed by atoms with van der Waals surface area (Å²) in [6, 6.07) is 1.63. The summed E-state index contributed by atoms with van der Waals surface area (Å²) in [7, 11) is 0. The van der Waals surface area contributed by atoms with Crippen LogP contribution in [0.25, 0.3) is 0 Å². The smallest absolute Gasteiger partial charge is 0.326 e. The Kier molecular flexibility index (Phi) is 5.80. The molecule has 1 unspecified atom stereocenters. The number of amides is 1. The van der Waals surface area contributed by atoms with Crippen LogP contribution in [-0.4, -0.2) is 27.9 Å². The Labute approximate surface area is 127 Å². The van der Waals surface area contributed by atoms with Crippen LogP contribution in [0.1, 0.15) is 34.8 Å². The van der Waals surface area contributed by atoms with Crippen LogP contribution < -0.4 is 5.32 Å². The first kappa shape index (κ1) is 17.4. The van der Waals surface area contributed by atoms with Gasteiger partial charge in [0, 0.05) is 17.2 Å². The molecule has 0 fully saturated rings. The second-order valence-electron chi connectivity index (χ2n) is 4.88. The van der Waals surface area contributed by atoms with Gasteiger partial charge in [0.1, 0.15) is 6.04 Å². The van der Waals surface area contributed by atoms with Crippen LogP contribution in [-0.2, 0) is 4.79 Å². The summed E-state index contributed by atoms with van der Waals surface area (Å²) in [5.41, 5.74) is 0.929. The average Bonchev–Trinajstić information content (AvgIpc) is 2.42. The third-order valence-corrected chi connectivity index (χ3v) is 3.20. The Morgan fingerprint density at radius 1 is 1.36 bits per heavy atom. The highest BCUT2D eigenvalue weighted by Crippen LogP contribution is 2.22. The van der Waals surface area contributed by atoms with Crippen molar-refractivity contribution in [3.63, 3.8) is 0 Å². The topological polar surface area (TPSA) is 110 Å². The summed E-state index contributed by atoms with van der Waals surface area (Å²) in [6.45, 7) is 4.97. The Hall–Kier alpha value is -2.70. The molecule has 7 heteroatoms. The van der Waals surface area contributed by atoms with Crippen molar-refractivity contribution < 1.29 is 19.6 Å². The summed E-state index contributed by atoms with van der Waals surface area (Å²) < 4.78 is 0. The first-order valence-electron chi connectivity index (χ1n) is 6.68. The highest BCUT2D eigenvalue weighted by Gasteiger charge is 2.22. The van der Waals surface area contributed by atoms with Crippen molar-refractivity contribution >= 4 is 17.6 Å². The van der Waals surface area contributed by atoms with Gasteiger partial charge in [0.05, 0.1) is 4.92 Å². The number of nitrogens with one attached hydrogen (secondary N) is 1. The molecule has 0 aliphatic carbocycles. The molecule has 22 heavy (non-hydrogen) atoms. The Morgan fingerprint density at radius 2 is 2.00 bits per heavy atom. The van der Waals surface area contributed by atoms with Crippen LogP contribution in [0.3, 0.4) is 0 Å². The number of carboxylic acids is 1. The van der Waals surface area contributed by atoms with E-state index in [4.69, 9.17) is 5.11 Å². The van der Waals surface area contributed by atoms with Gasteiger partial charge in [-0.25, -0.2) is 4.79 Å². The van der Waals surface area contributed by atoms with Crippen LogP contribution in [0, 0.1) is 24.0 Å². The fourth-order valence-electron chi connectivity index (χ4n) is 2.01. The van der Waals surface area contributed by atoms with Crippen molar-refractivity contribution in [1.29, 1.82) is 0 Å². The van der Waals surface area contributed by atoms with E-state index in [0.29, 0.717) is 11.1 Å². The number of aryl methyl sites for hydroxylation is 2. The zero-order valence-corrected chi connectivity index (χ0v) is 12.6. The number of rotatable bonds is 6. The highest BCUT2D eigenvalue weighted by atomic mass is 16.6. The normalized spacial score (nSPS) is 12.1. The van der Waals surface area contributed by atoms with Crippen molar-refractivity contribution in [3.05, 3.63) is 51.1 Å². The summed E-state index contributed by atoms with van der Waals surface area (Å²) in [4.78, 5) is 33.7. The molecule has 1 aromatic carbocycles. The number of benzene rings is 1. The zero-order valence-electron chi connectivity index (χ0n) is 12.6. The molecular weight excluding hydrogens is 288 g/mol. The van der Waals surface area contributed by atoms with E-state index in [1.807, 2.05) is 0 Å². The number of carbonyl (C=O) groups excluding carboxylic acids is 1. The van der Waals surface area contributed by atoms with Gasteiger partial charge in [-0.3, -0.25) is 14.9 Å². The van der Waals surface area contributed by atoms with E-state index in [1.165, 1.54) is 12.1 Å². The molecule has 7 nitrogen and oxygen atoms in total. The number of nitro benzene ring substituents is 1. The number of aliphatic carboxylic acids is 1. The Morgan fingerprint density at radius 3 is 2.50 bits per heavy atom. The van der Waals surface area contributed by atoms with Gasteiger partial charge >= 0.3 is 5.97 Å². The lowest BCUT2D eigenvalue weighted by atomic mass is 10.0. The fourth-order valence-corrected chi connectivity index (χ4v) is 2.01. The molecule has 0 saturated heterocycles. The summed E-state index contributed by atoms with van der Waals surface area (Å²) >= 11 is 0. The van der Waals surface area contributed by atoms with Crippen LogP contribution in [0.15, 0.2) is 24.3 Å². The number of hydrogen-bond acceptors (Lipinski definition) is 4. The van der Waals surface area contributed by atoms with Crippen molar-refractivity contribution in [1.82, 2.24) is 5.32 Å². The first-order valence-corrected chi connectivity index (χ1v) is 6.68. The summed E-state index contributed by atoms with van der Waals surface area (Å²) in [6.07, 6.45) is 3.46. The Balaban J connectivity index is 3.09. The molecule has 0 heterocycles. The van der Waals surface area contributed by atoms with Crippen LogP contribution in [0.4, 0.5) is 5.69 Å². The molecule has 1 atom stereocenters. The molecule has 1 rings (SSSR count). The lowest BCUT2D eigenvalue weighted by Gasteiger charge is -2.14. The van der Waals surface area contributed by atoms with E-state index in [0.717, 1.165) is 0 Å². The minimum absolute atomic E-state index is 0.101. The standard InChI is InChI=1S/C15H18N2O5/c1-4-5-6-12(15(19)20)16-14(18)11-8-13(17(21)22)10(3)7-9(11)2/h4-5,7-8,12H,6H2,1-3H3,(H,16,18)(H,19,20)/b5-4+. The molecule has 0 aliphatic rings. The van der Waals surface area contributed by atoms with Gasteiger partial charge in [0.2, 0.25) is 0 Å². The van der Waals surface area contributed by atoms with Gasteiger partial charge in [0.15, 0.2) is 0 Å². The maximum atomic E-state index is 12.2. The van der Waals surface area contributed by atoms with E-state index < -0.39 is 22.8 Å². The number of hydrogen-bond donors (Lipinski definition) is 2. The van der Waals surface area contributed by atoms with Gasteiger partial charge in [-0.15, -0.1) is 0 Å². The van der Waals surface area contributed by atoms with Crippen LogP contribution in [0.5, 0.6) is 0 Å². The van der Waals surface area contributed by atoms with Gasteiger partial charge < -0.3 is 10.4 Å². The minimum Gasteiger partial charge on any atom is -0.480 e. The molecule has 0 radical (unpaired) electrons. The highest BCUT2D eigenvalue weighted by molar-refractivity contribution is 5.98. The largest absolute Gasteiger partial charge is 0.480 e. The molecule has 118 valence electrons. The predicted molar refractivity (Wildman–Crippen MR) is 80.9 cm³/mol. The molecule has 0 saturated carbocycles. The van der Waals surface area contributed by atoms with Gasteiger partial charge in [-0.1, -0.05) is 12.2 Å². The molecule has 0 spiro atoms. The van der Waals surface area contributed by atoms with Gasteiger partial charge in [0.25, 0.3) is 11.6 Å². The lowest BCUT2D eigenvalue weighted by molar-refractivity contribution is -0.385. The average molecular weight is 306 g/mol. The number of carbonyl (C=O) groups is 2. The number of nitro groups is 1. The van der Waals surface area contributed by atoms with Crippen molar-refractivity contribution in [2.24, 2.45) is 0 Å². The predicted octanol–water partition coefficient (Wildman–Crippen LogP) is 2.36.